The number of aromatic nitrogens is 2. The Labute approximate surface area is 87.1 Å². The summed E-state index contributed by atoms with van der Waals surface area (Å²) in [6, 6.07) is 1.47. The van der Waals surface area contributed by atoms with Crippen molar-refractivity contribution in [3.63, 3.8) is 0 Å². The first-order chi connectivity index (χ1) is 6.97. The van der Waals surface area contributed by atoms with Crippen molar-refractivity contribution in [1.29, 1.82) is 0 Å². The maximum absolute atomic E-state index is 11.5. The Bertz CT molecular complexity index is 436. The molecule has 0 aliphatic heterocycles. The summed E-state index contributed by atoms with van der Waals surface area (Å²) in [5, 5.41) is 4.03. The number of hydrogen-bond acceptors (Lipinski definition) is 4. The fraction of sp³-hybridized carbons (Fsp3) is 0.444. The third-order valence-corrected chi connectivity index (χ3v) is 2.05. The number of carbonyl (C=O) groups excluding carboxylic acids is 1. The average molecular weight is 210 g/mol. The first-order valence-corrected chi connectivity index (χ1v) is 4.56. The highest BCUT2D eigenvalue weighted by atomic mass is 16.2. The van der Waals surface area contributed by atoms with Gasteiger partial charge in [-0.3, -0.25) is 15.0 Å². The summed E-state index contributed by atoms with van der Waals surface area (Å²) in [6.45, 7) is 3.86. The van der Waals surface area contributed by atoms with Crippen molar-refractivity contribution in [2.45, 2.75) is 19.8 Å². The molecule has 6 nitrogen and oxygen atoms in total. The molecule has 0 aromatic carbocycles. The molecule has 1 heterocycles. The minimum atomic E-state index is -0.597. The highest BCUT2D eigenvalue weighted by molar-refractivity contribution is 5.93. The molecule has 1 rings (SSSR count). The van der Waals surface area contributed by atoms with E-state index in [2.05, 4.69) is 5.10 Å². The summed E-state index contributed by atoms with van der Waals surface area (Å²) < 4.78 is 1.14. The molecular weight excluding hydrogens is 196 g/mol. The highest BCUT2D eigenvalue weighted by Gasteiger charge is 2.14. The van der Waals surface area contributed by atoms with E-state index in [-0.39, 0.29) is 11.5 Å². The van der Waals surface area contributed by atoms with E-state index in [1.165, 1.54) is 13.1 Å². The summed E-state index contributed by atoms with van der Waals surface area (Å²) >= 11 is 0. The van der Waals surface area contributed by atoms with Gasteiger partial charge < -0.3 is 0 Å². The van der Waals surface area contributed by atoms with Crippen molar-refractivity contribution in [2.24, 2.45) is 12.9 Å². The van der Waals surface area contributed by atoms with Crippen LogP contribution in [0.2, 0.25) is 0 Å². The molecule has 0 bridgehead atoms. The van der Waals surface area contributed by atoms with Crippen LogP contribution in [0.15, 0.2) is 10.9 Å². The predicted molar refractivity (Wildman–Crippen MR) is 55.2 cm³/mol. The topological polar surface area (TPSA) is 90.0 Å². The van der Waals surface area contributed by atoms with E-state index >= 15 is 0 Å². The monoisotopic (exact) mass is 210 g/mol. The smallest absolute Gasteiger partial charge is 0.279 e. The molecule has 6 heteroatoms. The summed E-state index contributed by atoms with van der Waals surface area (Å²) in [5.41, 5.74) is 2.17. The minimum absolute atomic E-state index is 0.0127. The van der Waals surface area contributed by atoms with Crippen molar-refractivity contribution < 1.29 is 4.79 Å². The van der Waals surface area contributed by atoms with Gasteiger partial charge in [-0.25, -0.2) is 10.5 Å². The molecule has 15 heavy (non-hydrogen) atoms. The van der Waals surface area contributed by atoms with Gasteiger partial charge in [-0.15, -0.1) is 0 Å². The molecule has 1 aromatic heterocycles. The standard InChI is InChI=1S/C9H14N4O2/c1-5(2)7-4-6(8(14)11-10)9(15)13(3)12-7/h4-5H,10H2,1-3H3,(H,11,14). The lowest BCUT2D eigenvalue weighted by atomic mass is 10.1. The van der Waals surface area contributed by atoms with Crippen molar-refractivity contribution >= 4 is 5.91 Å². The molecule has 0 fully saturated rings. The highest BCUT2D eigenvalue weighted by Crippen LogP contribution is 2.09. The quantitative estimate of drug-likeness (QED) is 0.391. The van der Waals surface area contributed by atoms with Crippen LogP contribution in [0.4, 0.5) is 0 Å². The Balaban J connectivity index is 3.38. The maximum atomic E-state index is 11.5. The van der Waals surface area contributed by atoms with Crippen LogP contribution in [0.5, 0.6) is 0 Å². The SMILES string of the molecule is CC(C)c1cc(C(=O)NN)c(=O)n(C)n1. The number of amides is 1. The van der Waals surface area contributed by atoms with Crippen LogP contribution in [0.25, 0.3) is 0 Å². The molecule has 1 aromatic rings. The molecule has 0 saturated heterocycles. The lowest BCUT2D eigenvalue weighted by Gasteiger charge is -2.08. The molecule has 0 spiro atoms. The molecule has 0 unspecified atom stereocenters. The van der Waals surface area contributed by atoms with Gasteiger partial charge in [-0.1, -0.05) is 13.8 Å². The van der Waals surface area contributed by atoms with Gasteiger partial charge in [0.25, 0.3) is 11.5 Å². The van der Waals surface area contributed by atoms with E-state index in [0.717, 1.165) is 4.68 Å². The first-order valence-electron chi connectivity index (χ1n) is 4.56. The number of aryl methyl sites for hydroxylation is 1. The molecule has 0 aliphatic rings. The van der Waals surface area contributed by atoms with E-state index in [0.29, 0.717) is 5.69 Å². The second-order valence-electron chi connectivity index (χ2n) is 3.54. The molecule has 0 radical (unpaired) electrons. The number of nitrogens with zero attached hydrogens (tertiary/aromatic N) is 2. The number of hydrogen-bond donors (Lipinski definition) is 2. The van der Waals surface area contributed by atoms with Crippen LogP contribution < -0.4 is 16.8 Å². The Morgan fingerprint density at radius 1 is 1.60 bits per heavy atom. The molecule has 0 atom stereocenters. The van der Waals surface area contributed by atoms with Gasteiger partial charge in [0.05, 0.1) is 5.69 Å². The largest absolute Gasteiger partial charge is 0.290 e. The van der Waals surface area contributed by atoms with E-state index in [9.17, 15) is 9.59 Å². The van der Waals surface area contributed by atoms with Crippen molar-refractivity contribution in [3.8, 4) is 0 Å². The molecular formula is C9H14N4O2. The van der Waals surface area contributed by atoms with Crippen LogP contribution in [0.1, 0.15) is 35.8 Å². The third kappa shape index (κ3) is 2.21. The molecule has 1 amide bonds. The van der Waals surface area contributed by atoms with Crippen LogP contribution in [-0.4, -0.2) is 15.7 Å². The third-order valence-electron chi connectivity index (χ3n) is 2.05. The van der Waals surface area contributed by atoms with Crippen LogP contribution in [-0.2, 0) is 7.05 Å². The van der Waals surface area contributed by atoms with Gasteiger partial charge in [0.1, 0.15) is 5.56 Å². The van der Waals surface area contributed by atoms with Crippen LogP contribution in [0, 0.1) is 0 Å². The van der Waals surface area contributed by atoms with Gasteiger partial charge in [-0.05, 0) is 12.0 Å². The number of hydrazine groups is 1. The molecule has 0 aliphatic carbocycles. The second kappa shape index (κ2) is 4.22. The Morgan fingerprint density at radius 3 is 2.67 bits per heavy atom. The van der Waals surface area contributed by atoms with Gasteiger partial charge in [0.2, 0.25) is 0 Å². The number of nitrogens with two attached hydrogens (primary N) is 1. The Hall–Kier alpha value is -1.69. The van der Waals surface area contributed by atoms with Crippen LogP contribution in [0.3, 0.4) is 0 Å². The zero-order chi connectivity index (χ0) is 11.6. The number of nitrogens with one attached hydrogen (secondary N) is 1. The fourth-order valence-corrected chi connectivity index (χ4v) is 1.15. The van der Waals surface area contributed by atoms with Gasteiger partial charge in [0.15, 0.2) is 0 Å². The zero-order valence-corrected chi connectivity index (χ0v) is 8.94. The number of carbonyl (C=O) groups is 1. The average Bonchev–Trinajstić information content (AvgIpc) is 2.20. The Morgan fingerprint density at radius 2 is 2.20 bits per heavy atom. The van der Waals surface area contributed by atoms with Crippen LogP contribution >= 0.6 is 0 Å². The van der Waals surface area contributed by atoms with E-state index in [1.807, 2.05) is 19.3 Å². The van der Waals surface area contributed by atoms with E-state index in [4.69, 9.17) is 5.84 Å². The summed E-state index contributed by atoms with van der Waals surface area (Å²) in [7, 11) is 1.50. The number of rotatable bonds is 2. The first kappa shape index (κ1) is 11.4. The fourth-order valence-electron chi connectivity index (χ4n) is 1.15. The van der Waals surface area contributed by atoms with E-state index in [1.54, 1.807) is 0 Å². The summed E-state index contributed by atoms with van der Waals surface area (Å²) in [5.74, 6) is 4.52. The molecule has 3 N–H and O–H groups in total. The minimum Gasteiger partial charge on any atom is -0.290 e. The Kier molecular flexibility index (Phi) is 3.21. The molecule has 0 saturated carbocycles. The predicted octanol–water partition coefficient (Wildman–Crippen LogP) is -0.493. The lowest BCUT2D eigenvalue weighted by molar-refractivity contribution is 0.0951. The van der Waals surface area contributed by atoms with Crippen molar-refractivity contribution in [3.05, 3.63) is 27.7 Å². The van der Waals surface area contributed by atoms with Gasteiger partial charge in [0, 0.05) is 7.05 Å². The maximum Gasteiger partial charge on any atom is 0.279 e. The van der Waals surface area contributed by atoms with Crippen molar-refractivity contribution in [1.82, 2.24) is 15.2 Å². The van der Waals surface area contributed by atoms with Crippen molar-refractivity contribution in [2.75, 3.05) is 0 Å². The second-order valence-corrected chi connectivity index (χ2v) is 3.54. The summed E-state index contributed by atoms with van der Waals surface area (Å²) in [6.07, 6.45) is 0. The zero-order valence-electron chi connectivity index (χ0n) is 8.94. The normalized spacial score (nSPS) is 10.5. The summed E-state index contributed by atoms with van der Waals surface area (Å²) in [4.78, 5) is 22.8. The van der Waals surface area contributed by atoms with Gasteiger partial charge in [-0.2, -0.15) is 5.10 Å². The molecule has 82 valence electrons. The van der Waals surface area contributed by atoms with Gasteiger partial charge >= 0.3 is 0 Å². The number of nitrogen functional groups attached to an aromatic ring is 1. The van der Waals surface area contributed by atoms with E-state index < -0.39 is 11.5 Å². The lowest BCUT2D eigenvalue weighted by Crippen LogP contribution is -2.37.